The highest BCUT2D eigenvalue weighted by atomic mass is 16.5. The molecule has 1 aliphatic heterocycles. The van der Waals surface area contributed by atoms with Gasteiger partial charge < -0.3 is 24.8 Å². The molecule has 2 N–H and O–H groups in total. The molecular weight excluding hydrogens is 508 g/mol. The molecule has 1 aromatic rings. The molecule has 0 saturated heterocycles. The van der Waals surface area contributed by atoms with Gasteiger partial charge in [-0.3, -0.25) is 14.4 Å². The molecule has 8 heteroatoms. The van der Waals surface area contributed by atoms with Gasteiger partial charge in [-0.2, -0.15) is 0 Å². The van der Waals surface area contributed by atoms with Crippen molar-refractivity contribution >= 4 is 17.8 Å². The van der Waals surface area contributed by atoms with Crippen LogP contribution in [0.4, 0.5) is 0 Å². The minimum absolute atomic E-state index is 0.0230. The van der Waals surface area contributed by atoms with Crippen molar-refractivity contribution in [3.8, 4) is 11.5 Å². The average molecular weight is 553 g/mol. The lowest BCUT2D eigenvalue weighted by Crippen LogP contribution is -2.51. The largest absolute Gasteiger partial charge is 0.492 e. The summed E-state index contributed by atoms with van der Waals surface area (Å²) in [5.74, 6) is 1.54. The van der Waals surface area contributed by atoms with Gasteiger partial charge in [-0.05, 0) is 94.1 Å². The van der Waals surface area contributed by atoms with Gasteiger partial charge in [-0.15, -0.1) is 0 Å². The van der Waals surface area contributed by atoms with Crippen molar-refractivity contribution in [3.63, 3.8) is 0 Å². The highest BCUT2D eigenvalue weighted by molar-refractivity contribution is 5.98. The maximum Gasteiger partial charge on any atom is 0.311 e. The second-order valence-corrected chi connectivity index (χ2v) is 13.7. The molecule has 0 spiro atoms. The van der Waals surface area contributed by atoms with E-state index in [2.05, 4.69) is 17.6 Å². The Morgan fingerprint density at radius 2 is 1.77 bits per heavy atom. The van der Waals surface area contributed by atoms with Crippen LogP contribution in [-0.2, 0) is 20.7 Å². The van der Waals surface area contributed by atoms with Gasteiger partial charge in [-0.1, -0.05) is 13.3 Å². The molecule has 6 rings (SSSR count). The maximum atomic E-state index is 13.8. The molecule has 4 saturated carbocycles. The van der Waals surface area contributed by atoms with Gasteiger partial charge >= 0.3 is 5.97 Å². The molecule has 2 bridgehead atoms. The third-order valence-electron chi connectivity index (χ3n) is 10.8. The number of benzene rings is 1. The highest BCUT2D eigenvalue weighted by Gasteiger charge is 2.52. The molecule has 0 radical (unpaired) electrons. The molecule has 1 heterocycles. The fourth-order valence-electron chi connectivity index (χ4n) is 7.99. The van der Waals surface area contributed by atoms with Crippen LogP contribution in [0.2, 0.25) is 0 Å². The lowest BCUT2D eigenvalue weighted by atomic mass is 9.70. The number of fused-ring (bicyclic) bond motifs is 3. The van der Waals surface area contributed by atoms with Crippen LogP contribution in [0.25, 0.3) is 0 Å². The zero-order valence-corrected chi connectivity index (χ0v) is 24.2. The number of nitrogens with one attached hydrogen (secondary N) is 2. The summed E-state index contributed by atoms with van der Waals surface area (Å²) in [5.41, 5.74) is 1.23. The summed E-state index contributed by atoms with van der Waals surface area (Å²) in [6.07, 6.45) is 10.3. The molecule has 40 heavy (non-hydrogen) atoms. The molecule has 4 atom stereocenters. The Morgan fingerprint density at radius 3 is 2.48 bits per heavy atom. The minimum Gasteiger partial charge on any atom is -0.492 e. The van der Waals surface area contributed by atoms with Crippen LogP contribution in [0.15, 0.2) is 12.1 Å². The summed E-state index contributed by atoms with van der Waals surface area (Å²) >= 11 is 0. The molecule has 0 unspecified atom stereocenters. The highest BCUT2D eigenvalue weighted by Crippen LogP contribution is 2.49. The Balaban J connectivity index is 1.14. The van der Waals surface area contributed by atoms with Crippen LogP contribution in [-0.4, -0.2) is 50.2 Å². The molecule has 8 nitrogen and oxygen atoms in total. The summed E-state index contributed by atoms with van der Waals surface area (Å²) in [7, 11) is 1.44. The second kappa shape index (κ2) is 10.6. The first-order valence-electron chi connectivity index (χ1n) is 15.3. The Kier molecular flexibility index (Phi) is 7.24. The van der Waals surface area contributed by atoms with E-state index < -0.39 is 5.41 Å². The third-order valence-corrected chi connectivity index (χ3v) is 10.8. The number of rotatable bonds is 8. The van der Waals surface area contributed by atoms with Crippen LogP contribution >= 0.6 is 0 Å². The van der Waals surface area contributed by atoms with Crippen LogP contribution in [0.1, 0.15) is 94.0 Å². The van der Waals surface area contributed by atoms with E-state index in [1.807, 2.05) is 13.0 Å². The smallest absolute Gasteiger partial charge is 0.311 e. The fourth-order valence-corrected chi connectivity index (χ4v) is 7.99. The van der Waals surface area contributed by atoms with E-state index in [0.29, 0.717) is 48.3 Å². The van der Waals surface area contributed by atoms with Crippen molar-refractivity contribution in [2.75, 3.05) is 20.3 Å². The van der Waals surface area contributed by atoms with Crippen LogP contribution in [0.5, 0.6) is 11.5 Å². The average Bonchev–Trinajstić information content (AvgIpc) is 3.68. The van der Waals surface area contributed by atoms with E-state index in [4.69, 9.17) is 14.2 Å². The Labute approximate surface area is 237 Å². The quantitative estimate of drug-likeness (QED) is 0.458. The van der Waals surface area contributed by atoms with Gasteiger partial charge in [-0.25, -0.2) is 0 Å². The number of carbonyl (C=O) groups is 3. The van der Waals surface area contributed by atoms with E-state index in [1.54, 1.807) is 6.07 Å². The van der Waals surface area contributed by atoms with Gasteiger partial charge in [0, 0.05) is 24.6 Å². The Hall–Kier alpha value is -2.77. The summed E-state index contributed by atoms with van der Waals surface area (Å²) < 4.78 is 17.3. The first-order chi connectivity index (χ1) is 19.2. The molecule has 4 aliphatic carbocycles. The van der Waals surface area contributed by atoms with E-state index in [0.717, 1.165) is 50.6 Å². The summed E-state index contributed by atoms with van der Waals surface area (Å²) in [4.78, 5) is 39.4. The zero-order chi connectivity index (χ0) is 28.1. The Bertz CT molecular complexity index is 1170. The summed E-state index contributed by atoms with van der Waals surface area (Å²) in [5, 5.41) is 6.53. The van der Waals surface area contributed by atoms with Gasteiger partial charge in [0.1, 0.15) is 11.5 Å². The van der Waals surface area contributed by atoms with Gasteiger partial charge in [0.15, 0.2) is 0 Å². The number of hydrogen-bond acceptors (Lipinski definition) is 6. The van der Waals surface area contributed by atoms with Crippen molar-refractivity contribution in [1.82, 2.24) is 10.6 Å². The predicted octanol–water partition coefficient (Wildman–Crippen LogP) is 4.57. The van der Waals surface area contributed by atoms with E-state index >= 15 is 0 Å². The van der Waals surface area contributed by atoms with E-state index in [9.17, 15) is 14.4 Å². The Morgan fingerprint density at radius 1 is 1.02 bits per heavy atom. The van der Waals surface area contributed by atoms with Gasteiger partial charge in [0.05, 0.1) is 36.7 Å². The lowest BCUT2D eigenvalue weighted by Gasteiger charge is -2.39. The first kappa shape index (κ1) is 27.4. The van der Waals surface area contributed by atoms with Crippen molar-refractivity contribution in [1.29, 1.82) is 0 Å². The number of methoxy groups -OCH3 is 1. The second-order valence-electron chi connectivity index (χ2n) is 13.7. The van der Waals surface area contributed by atoms with Crippen molar-refractivity contribution in [2.24, 2.45) is 28.6 Å². The number of carbonyl (C=O) groups excluding carboxylic acids is 3. The standard InChI is InChI=1S/C32H44N2O6/c1-31(10-4-11-31)18-33-29(36)25-19-5-6-20(15-19)26(25)34-28(35)24-17-23(16-21-9-14-39-27(21)24)40-22-7-12-32(2,13-8-22)30(37)38-3/h16-17,19-20,22,25-26H,4-15,18H2,1-3H3,(H,33,36)(H,34,35)/t19-,20+,22-,25+,26-,32+/m1/s1. The predicted molar refractivity (Wildman–Crippen MR) is 149 cm³/mol. The molecule has 218 valence electrons. The van der Waals surface area contributed by atoms with Crippen molar-refractivity contribution in [3.05, 3.63) is 23.3 Å². The zero-order valence-electron chi connectivity index (χ0n) is 24.2. The van der Waals surface area contributed by atoms with Crippen molar-refractivity contribution in [2.45, 2.75) is 96.6 Å². The molecule has 0 aromatic heterocycles. The number of hydrogen-bond donors (Lipinski definition) is 2. The van der Waals surface area contributed by atoms with Gasteiger partial charge in [0.25, 0.3) is 5.91 Å². The summed E-state index contributed by atoms with van der Waals surface area (Å²) in [6.45, 7) is 5.47. The topological polar surface area (TPSA) is 103 Å². The molecule has 5 aliphatic rings. The van der Waals surface area contributed by atoms with E-state index in [-0.39, 0.29) is 41.3 Å². The number of esters is 1. The SMILES string of the molecule is COC(=O)[C@]1(C)CC[C@H](Oc2cc3c(c(C(=O)N[C@@H]4[C@H]5CC[C@H](C5)[C@@H]4C(=O)NCC4(C)CCC4)c2)OCC3)CC1. The monoisotopic (exact) mass is 552 g/mol. The molecular formula is C32H44N2O6. The lowest BCUT2D eigenvalue weighted by molar-refractivity contribution is -0.154. The molecule has 4 fully saturated rings. The molecule has 1 aromatic carbocycles. The molecule has 2 amide bonds. The van der Waals surface area contributed by atoms with E-state index in [1.165, 1.54) is 26.4 Å². The van der Waals surface area contributed by atoms with Gasteiger partial charge in [0.2, 0.25) is 5.91 Å². The first-order valence-corrected chi connectivity index (χ1v) is 15.3. The number of amides is 2. The van der Waals surface area contributed by atoms with Crippen LogP contribution in [0.3, 0.4) is 0 Å². The summed E-state index contributed by atoms with van der Waals surface area (Å²) in [6, 6.07) is 3.63. The number of ether oxygens (including phenoxy) is 3. The van der Waals surface area contributed by atoms with Crippen LogP contribution in [0, 0.1) is 28.6 Å². The third kappa shape index (κ3) is 5.07. The normalized spacial score (nSPS) is 33.3. The van der Waals surface area contributed by atoms with Crippen molar-refractivity contribution < 1.29 is 28.6 Å². The van der Waals surface area contributed by atoms with Crippen LogP contribution < -0.4 is 20.1 Å². The fraction of sp³-hybridized carbons (Fsp3) is 0.719. The minimum atomic E-state index is -0.468. The maximum absolute atomic E-state index is 13.8.